The van der Waals surface area contributed by atoms with Crippen molar-refractivity contribution in [3.8, 4) is 11.5 Å². The quantitative estimate of drug-likeness (QED) is 0.396. The van der Waals surface area contributed by atoms with Crippen LogP contribution in [0.15, 0.2) is 41.3 Å². The van der Waals surface area contributed by atoms with Gasteiger partial charge < -0.3 is 18.9 Å². The lowest BCUT2D eigenvalue weighted by atomic mass is 10.2. The van der Waals surface area contributed by atoms with Gasteiger partial charge >= 0.3 is 0 Å². The molecule has 3 rings (SSSR count). The van der Waals surface area contributed by atoms with Crippen LogP contribution < -0.4 is 14.8 Å². The molecule has 0 spiro atoms. The molecule has 34 heavy (non-hydrogen) atoms. The number of carbonyl (C=O) groups excluding carboxylic acids is 1. The monoisotopic (exact) mass is 509 g/mol. The Morgan fingerprint density at radius 2 is 1.56 bits per heavy atom. The summed E-state index contributed by atoms with van der Waals surface area (Å²) in [5.74, 6) is 0.705. The smallest absolute Gasteiger partial charge is 0.257 e. The largest absolute Gasteiger partial charge is 0.493 e. The molecule has 0 fully saturated rings. The summed E-state index contributed by atoms with van der Waals surface area (Å²) in [5.41, 5.74) is 0.959. The number of aromatic nitrogens is 1. The maximum atomic E-state index is 13.0. The molecule has 10 nitrogen and oxygen atoms in total. The third-order valence-corrected chi connectivity index (χ3v) is 7.80. The van der Waals surface area contributed by atoms with E-state index < -0.39 is 15.9 Å². The number of amides is 1. The summed E-state index contributed by atoms with van der Waals surface area (Å²) in [7, 11) is 2.33. The molecule has 0 bridgehead atoms. The number of methoxy groups -OCH3 is 4. The molecule has 0 aliphatic carbocycles. The number of hydrogen-bond donors (Lipinski definition) is 1. The molecule has 0 aliphatic rings. The molecule has 0 saturated carbocycles. The standard InChI is InChI=1S/C22H27N3O7S2/c1-29-11-9-25(10-12-30-2)34(27,28)16-7-5-15(6-8-16)21(26)24-22-23-17-13-18(31-3)19(32-4)14-20(17)33-22/h5-8,13-14H,9-12H2,1-4H3,(H,23,24,26). The Morgan fingerprint density at radius 1 is 0.971 bits per heavy atom. The molecule has 0 saturated heterocycles. The molecule has 1 amide bonds. The lowest BCUT2D eigenvalue weighted by Gasteiger charge is -2.21. The van der Waals surface area contributed by atoms with E-state index in [-0.39, 0.29) is 31.2 Å². The minimum Gasteiger partial charge on any atom is -0.493 e. The summed E-state index contributed by atoms with van der Waals surface area (Å²) in [4.78, 5) is 17.2. The van der Waals surface area contributed by atoms with Gasteiger partial charge in [0.05, 0.1) is 42.5 Å². The Morgan fingerprint density at radius 3 is 2.12 bits per heavy atom. The van der Waals surface area contributed by atoms with Gasteiger partial charge in [0.15, 0.2) is 16.6 Å². The first-order valence-corrected chi connectivity index (χ1v) is 12.5. The van der Waals surface area contributed by atoms with E-state index in [4.69, 9.17) is 18.9 Å². The van der Waals surface area contributed by atoms with E-state index >= 15 is 0 Å². The molecule has 1 heterocycles. The number of ether oxygens (including phenoxy) is 4. The van der Waals surface area contributed by atoms with Crippen molar-refractivity contribution in [3.05, 3.63) is 42.0 Å². The van der Waals surface area contributed by atoms with Gasteiger partial charge in [-0.1, -0.05) is 11.3 Å². The Bertz CT molecular complexity index is 1180. The number of nitrogens with one attached hydrogen (secondary N) is 1. The molecule has 0 unspecified atom stereocenters. The van der Waals surface area contributed by atoms with E-state index in [1.807, 2.05) is 0 Å². The van der Waals surface area contributed by atoms with Gasteiger partial charge in [-0.05, 0) is 24.3 Å². The first-order chi connectivity index (χ1) is 16.3. The van der Waals surface area contributed by atoms with Gasteiger partial charge in [0.25, 0.3) is 5.91 Å². The van der Waals surface area contributed by atoms with Crippen LogP contribution in [-0.4, -0.2) is 78.4 Å². The lowest BCUT2D eigenvalue weighted by Crippen LogP contribution is -2.36. The summed E-state index contributed by atoms with van der Waals surface area (Å²) in [5, 5.41) is 3.15. The van der Waals surface area contributed by atoms with E-state index in [9.17, 15) is 13.2 Å². The average molecular weight is 510 g/mol. The van der Waals surface area contributed by atoms with Crippen LogP contribution in [0.3, 0.4) is 0 Å². The highest BCUT2D eigenvalue weighted by Gasteiger charge is 2.24. The molecule has 2 aromatic carbocycles. The van der Waals surface area contributed by atoms with E-state index in [0.29, 0.717) is 27.7 Å². The van der Waals surface area contributed by atoms with Gasteiger partial charge in [-0.2, -0.15) is 4.31 Å². The second kappa shape index (κ2) is 11.6. The Balaban J connectivity index is 1.76. The van der Waals surface area contributed by atoms with Crippen LogP contribution >= 0.6 is 11.3 Å². The van der Waals surface area contributed by atoms with E-state index in [2.05, 4.69) is 10.3 Å². The molecule has 0 atom stereocenters. The number of rotatable bonds is 12. The molecule has 1 aromatic heterocycles. The highest BCUT2D eigenvalue weighted by molar-refractivity contribution is 7.89. The van der Waals surface area contributed by atoms with E-state index in [1.54, 1.807) is 19.2 Å². The van der Waals surface area contributed by atoms with Crippen LogP contribution in [0.5, 0.6) is 11.5 Å². The number of thiazole rings is 1. The minimum atomic E-state index is -3.77. The van der Waals surface area contributed by atoms with Gasteiger partial charge in [-0.15, -0.1) is 0 Å². The first kappa shape index (κ1) is 25.8. The maximum Gasteiger partial charge on any atom is 0.257 e. The van der Waals surface area contributed by atoms with Crippen molar-refractivity contribution in [2.45, 2.75) is 4.90 Å². The number of anilines is 1. The van der Waals surface area contributed by atoms with Gasteiger partial charge in [0, 0.05) is 45.0 Å². The van der Waals surface area contributed by atoms with Gasteiger partial charge in [0.1, 0.15) is 0 Å². The van der Waals surface area contributed by atoms with Crippen LogP contribution in [0.1, 0.15) is 10.4 Å². The van der Waals surface area contributed by atoms with Crippen molar-refractivity contribution in [2.75, 3.05) is 60.1 Å². The molecule has 3 aromatic rings. The first-order valence-electron chi connectivity index (χ1n) is 10.3. The predicted molar refractivity (Wildman–Crippen MR) is 130 cm³/mol. The number of carbonyl (C=O) groups is 1. The topological polar surface area (TPSA) is 116 Å². The van der Waals surface area contributed by atoms with Crippen LogP contribution in [-0.2, 0) is 19.5 Å². The van der Waals surface area contributed by atoms with Crippen molar-refractivity contribution >= 4 is 42.6 Å². The van der Waals surface area contributed by atoms with Gasteiger partial charge in [-0.25, -0.2) is 13.4 Å². The maximum absolute atomic E-state index is 13.0. The van der Waals surface area contributed by atoms with Crippen LogP contribution in [0, 0.1) is 0 Å². The fourth-order valence-corrected chi connectivity index (χ4v) is 5.42. The summed E-state index contributed by atoms with van der Waals surface area (Å²) < 4.78 is 48.8. The minimum absolute atomic E-state index is 0.0791. The molecule has 184 valence electrons. The highest BCUT2D eigenvalue weighted by Crippen LogP contribution is 2.36. The lowest BCUT2D eigenvalue weighted by molar-refractivity contribution is 0.102. The SMILES string of the molecule is COCCN(CCOC)S(=O)(=O)c1ccc(C(=O)Nc2nc3cc(OC)c(OC)cc3s2)cc1. The van der Waals surface area contributed by atoms with E-state index in [1.165, 1.54) is 61.2 Å². The zero-order valence-electron chi connectivity index (χ0n) is 19.4. The second-order valence-corrected chi connectivity index (χ2v) is 10.0. The molecule has 0 radical (unpaired) electrons. The Hall–Kier alpha value is -2.77. The fourth-order valence-electron chi connectivity index (χ4n) is 3.14. The third-order valence-electron chi connectivity index (χ3n) is 4.96. The van der Waals surface area contributed by atoms with Gasteiger partial charge in [-0.3, -0.25) is 10.1 Å². The van der Waals surface area contributed by atoms with Crippen LogP contribution in [0.4, 0.5) is 5.13 Å². The van der Waals surface area contributed by atoms with Crippen molar-refractivity contribution in [2.24, 2.45) is 0 Å². The number of nitrogens with zero attached hydrogens (tertiary/aromatic N) is 2. The average Bonchev–Trinajstić information content (AvgIpc) is 3.23. The number of hydrogen-bond acceptors (Lipinski definition) is 9. The molecular weight excluding hydrogens is 482 g/mol. The zero-order valence-corrected chi connectivity index (χ0v) is 21.0. The second-order valence-electron chi connectivity index (χ2n) is 7.06. The van der Waals surface area contributed by atoms with E-state index in [0.717, 1.165) is 4.70 Å². The molecular formula is C22H27N3O7S2. The normalized spacial score (nSPS) is 11.7. The summed E-state index contributed by atoms with van der Waals surface area (Å²) in [6.07, 6.45) is 0. The molecule has 1 N–H and O–H groups in total. The Kier molecular flexibility index (Phi) is 8.80. The molecule has 0 aliphatic heterocycles. The van der Waals surface area contributed by atoms with Crippen LogP contribution in [0.2, 0.25) is 0 Å². The third kappa shape index (κ3) is 5.83. The zero-order chi connectivity index (χ0) is 24.7. The molecule has 12 heteroatoms. The van der Waals surface area contributed by atoms with Crippen molar-refractivity contribution < 1.29 is 32.2 Å². The summed E-state index contributed by atoms with van der Waals surface area (Å²) >= 11 is 1.29. The predicted octanol–water partition coefficient (Wildman–Crippen LogP) is 2.85. The van der Waals surface area contributed by atoms with Crippen molar-refractivity contribution in [3.63, 3.8) is 0 Å². The fraction of sp³-hybridized carbons (Fsp3) is 0.364. The van der Waals surface area contributed by atoms with Gasteiger partial charge in [0.2, 0.25) is 10.0 Å². The number of fused-ring (bicyclic) bond motifs is 1. The highest BCUT2D eigenvalue weighted by atomic mass is 32.2. The number of sulfonamides is 1. The van der Waals surface area contributed by atoms with Crippen molar-refractivity contribution in [1.29, 1.82) is 0 Å². The van der Waals surface area contributed by atoms with Crippen molar-refractivity contribution in [1.82, 2.24) is 9.29 Å². The number of benzene rings is 2. The van der Waals surface area contributed by atoms with Crippen LogP contribution in [0.25, 0.3) is 10.2 Å². The summed E-state index contributed by atoms with van der Waals surface area (Å²) in [6.45, 7) is 0.891. The summed E-state index contributed by atoms with van der Waals surface area (Å²) in [6, 6.07) is 9.27. The Labute approximate surface area is 202 Å².